The maximum absolute atomic E-state index is 11.0. The molecule has 6 heteroatoms. The Hall–Kier alpha value is -1.80. The lowest BCUT2D eigenvalue weighted by Gasteiger charge is -2.43. The molecule has 0 amide bonds. The van der Waals surface area contributed by atoms with Crippen LogP contribution in [0.5, 0.6) is 0 Å². The van der Waals surface area contributed by atoms with E-state index in [0.717, 1.165) is 43.2 Å². The van der Waals surface area contributed by atoms with E-state index >= 15 is 0 Å². The van der Waals surface area contributed by atoms with Crippen LogP contribution in [-0.2, 0) is 32.2 Å². The molecule has 1 aliphatic heterocycles. The molecule has 0 bridgehead atoms. The normalized spacial score (nSPS) is 33.8. The Bertz CT molecular complexity index is 788. The van der Waals surface area contributed by atoms with Gasteiger partial charge in [0.1, 0.15) is 36.6 Å². The second-order valence-electron chi connectivity index (χ2n) is 9.14. The number of fused-ring (bicyclic) bond motifs is 1. The minimum atomic E-state index is -1.14. The van der Waals surface area contributed by atoms with Crippen molar-refractivity contribution in [1.82, 2.24) is 0 Å². The van der Waals surface area contributed by atoms with Gasteiger partial charge in [-0.15, -0.1) is 0 Å². The number of ether oxygens (including phenoxy) is 4. The summed E-state index contributed by atoms with van der Waals surface area (Å²) < 4.78 is 25.3. The van der Waals surface area contributed by atoms with Crippen LogP contribution in [0.25, 0.3) is 0 Å². The highest BCUT2D eigenvalue weighted by Gasteiger charge is 2.61. The lowest BCUT2D eigenvalue weighted by atomic mass is 9.84. The number of hydrogen-bond acceptors (Lipinski definition) is 6. The van der Waals surface area contributed by atoms with Crippen LogP contribution in [0, 0.1) is 0 Å². The van der Waals surface area contributed by atoms with Crippen molar-refractivity contribution in [3.8, 4) is 0 Å². The molecule has 2 saturated carbocycles. The number of aliphatic hydroxyl groups excluding tert-OH is 2. The molecule has 32 heavy (non-hydrogen) atoms. The van der Waals surface area contributed by atoms with Gasteiger partial charge in [0.2, 0.25) is 0 Å². The fourth-order valence-corrected chi connectivity index (χ4v) is 5.19. The maximum Gasteiger partial charge on any atom is 0.169 e. The number of benzene rings is 2. The van der Waals surface area contributed by atoms with Crippen molar-refractivity contribution in [2.45, 2.75) is 87.7 Å². The van der Waals surface area contributed by atoms with Crippen LogP contribution in [-0.4, -0.2) is 52.6 Å². The summed E-state index contributed by atoms with van der Waals surface area (Å²) in [6.45, 7) is 0.648. The first-order valence-electron chi connectivity index (χ1n) is 11.7. The largest absolute Gasteiger partial charge is 0.387 e. The lowest BCUT2D eigenvalue weighted by Crippen LogP contribution is -2.63. The summed E-state index contributed by atoms with van der Waals surface area (Å²) in [7, 11) is 0. The lowest BCUT2D eigenvalue weighted by molar-refractivity contribution is -0.223. The van der Waals surface area contributed by atoms with Gasteiger partial charge in [0.15, 0.2) is 5.79 Å². The zero-order chi connectivity index (χ0) is 22.0. The molecule has 6 unspecified atom stereocenters. The van der Waals surface area contributed by atoms with E-state index in [2.05, 4.69) is 0 Å². The van der Waals surface area contributed by atoms with Gasteiger partial charge in [0.25, 0.3) is 0 Å². The summed E-state index contributed by atoms with van der Waals surface area (Å²) in [4.78, 5) is 0. The van der Waals surface area contributed by atoms with Crippen LogP contribution in [0.2, 0.25) is 0 Å². The average molecular weight is 441 g/mol. The van der Waals surface area contributed by atoms with E-state index in [4.69, 9.17) is 18.9 Å². The van der Waals surface area contributed by atoms with Crippen molar-refractivity contribution in [3.63, 3.8) is 0 Å². The van der Waals surface area contributed by atoms with Gasteiger partial charge >= 0.3 is 0 Å². The molecule has 2 aromatic carbocycles. The van der Waals surface area contributed by atoms with Crippen molar-refractivity contribution >= 4 is 0 Å². The first-order valence-corrected chi connectivity index (χ1v) is 11.7. The van der Waals surface area contributed by atoms with Crippen molar-refractivity contribution in [3.05, 3.63) is 71.8 Å². The van der Waals surface area contributed by atoms with Gasteiger partial charge in [-0.2, -0.15) is 0 Å². The molecule has 1 spiro atoms. The Morgan fingerprint density at radius 2 is 1.12 bits per heavy atom. The quantitative estimate of drug-likeness (QED) is 0.718. The molecular formula is C26H32O6. The Morgan fingerprint density at radius 1 is 0.688 bits per heavy atom. The molecule has 1 heterocycles. The average Bonchev–Trinajstić information content (AvgIpc) is 3.19. The van der Waals surface area contributed by atoms with Crippen molar-refractivity contribution < 1.29 is 29.2 Å². The number of aliphatic hydroxyl groups is 2. The molecule has 0 radical (unpaired) electrons. The second-order valence-corrected chi connectivity index (χ2v) is 9.14. The minimum absolute atomic E-state index is 0.324. The van der Waals surface area contributed by atoms with Gasteiger partial charge in [-0.05, 0) is 24.0 Å². The summed E-state index contributed by atoms with van der Waals surface area (Å²) in [6, 6.07) is 19.6. The third-order valence-electron chi connectivity index (χ3n) is 6.88. The molecule has 3 aliphatic rings. The van der Waals surface area contributed by atoms with Gasteiger partial charge in [0, 0.05) is 12.8 Å². The molecule has 6 nitrogen and oxygen atoms in total. The molecule has 172 valence electrons. The molecular weight excluding hydrogens is 408 g/mol. The van der Waals surface area contributed by atoms with E-state index in [-0.39, 0.29) is 0 Å². The van der Waals surface area contributed by atoms with Crippen molar-refractivity contribution in [1.29, 1.82) is 0 Å². The molecule has 1 saturated heterocycles. The summed E-state index contributed by atoms with van der Waals surface area (Å²) in [5.41, 5.74) is 2.00. The van der Waals surface area contributed by atoms with E-state index in [1.165, 1.54) is 0 Å². The summed E-state index contributed by atoms with van der Waals surface area (Å²) in [6.07, 6.45) is 0.174. The van der Waals surface area contributed by atoms with Gasteiger partial charge in [-0.3, -0.25) is 0 Å². The fraction of sp³-hybridized carbons (Fsp3) is 0.538. The standard InChI is InChI=1S/C26H32O6/c27-20-21(28)23(30-17-19-12-6-2-7-13-19)25-24(31-26(32-25)14-8-3-9-15-26)22(20)29-16-18-10-4-1-5-11-18/h1-2,4-7,10-13,20-25,27-28H,3,8-9,14-17H2. The number of rotatable bonds is 6. The molecule has 2 aliphatic carbocycles. The Morgan fingerprint density at radius 3 is 1.56 bits per heavy atom. The van der Waals surface area contributed by atoms with Crippen LogP contribution in [0.1, 0.15) is 43.2 Å². The van der Waals surface area contributed by atoms with Crippen LogP contribution in [0.15, 0.2) is 60.7 Å². The molecule has 2 N–H and O–H groups in total. The second kappa shape index (κ2) is 9.59. The van der Waals surface area contributed by atoms with Crippen LogP contribution in [0.3, 0.4) is 0 Å². The van der Waals surface area contributed by atoms with E-state index < -0.39 is 42.4 Å². The predicted octanol–water partition coefficient (Wildman–Crippen LogP) is 3.34. The van der Waals surface area contributed by atoms with E-state index in [1.807, 2.05) is 60.7 Å². The SMILES string of the molecule is OC1C(O)C(OCc2ccccc2)C2OC3(CCCCC3)OC2C1OCc1ccccc1. The van der Waals surface area contributed by atoms with Crippen molar-refractivity contribution in [2.24, 2.45) is 0 Å². The first kappa shape index (κ1) is 22.0. The van der Waals surface area contributed by atoms with Gasteiger partial charge in [0.05, 0.1) is 13.2 Å². The summed E-state index contributed by atoms with van der Waals surface area (Å²) in [5.74, 6) is -0.680. The number of hydrogen-bond donors (Lipinski definition) is 2. The topological polar surface area (TPSA) is 77.4 Å². The van der Waals surface area contributed by atoms with E-state index in [0.29, 0.717) is 13.2 Å². The minimum Gasteiger partial charge on any atom is -0.387 e. The van der Waals surface area contributed by atoms with Gasteiger partial charge in [-0.1, -0.05) is 67.1 Å². The van der Waals surface area contributed by atoms with Crippen LogP contribution in [0.4, 0.5) is 0 Å². The highest BCUT2D eigenvalue weighted by molar-refractivity contribution is 5.15. The summed E-state index contributed by atoms with van der Waals surface area (Å²) in [5, 5.41) is 22.1. The highest BCUT2D eigenvalue weighted by Crippen LogP contribution is 2.46. The zero-order valence-electron chi connectivity index (χ0n) is 18.2. The highest BCUT2D eigenvalue weighted by atomic mass is 16.8. The van der Waals surface area contributed by atoms with E-state index in [9.17, 15) is 10.2 Å². The molecule has 2 aromatic rings. The fourth-order valence-electron chi connectivity index (χ4n) is 5.19. The summed E-state index contributed by atoms with van der Waals surface area (Å²) >= 11 is 0. The smallest absolute Gasteiger partial charge is 0.169 e. The van der Waals surface area contributed by atoms with Gasteiger partial charge in [-0.25, -0.2) is 0 Å². The molecule has 0 aromatic heterocycles. The van der Waals surface area contributed by atoms with Gasteiger partial charge < -0.3 is 29.2 Å². The van der Waals surface area contributed by atoms with Crippen molar-refractivity contribution in [2.75, 3.05) is 0 Å². The Kier molecular flexibility index (Phi) is 6.60. The van der Waals surface area contributed by atoms with E-state index in [1.54, 1.807) is 0 Å². The Balaban J connectivity index is 1.36. The Labute approximate surface area is 189 Å². The van der Waals surface area contributed by atoms with Crippen LogP contribution >= 0.6 is 0 Å². The monoisotopic (exact) mass is 440 g/mol. The third kappa shape index (κ3) is 4.49. The maximum atomic E-state index is 11.0. The first-order chi connectivity index (χ1) is 15.7. The molecule has 3 fully saturated rings. The van der Waals surface area contributed by atoms with Crippen LogP contribution < -0.4 is 0 Å². The zero-order valence-corrected chi connectivity index (χ0v) is 18.2. The third-order valence-corrected chi connectivity index (χ3v) is 6.88. The molecule has 6 atom stereocenters. The predicted molar refractivity (Wildman–Crippen MR) is 118 cm³/mol. The molecule has 5 rings (SSSR count).